The van der Waals surface area contributed by atoms with E-state index in [2.05, 4.69) is 33.8 Å². The number of aryl methyl sites for hydroxylation is 2. The molecule has 0 aliphatic heterocycles. The van der Waals surface area contributed by atoms with Gasteiger partial charge in [0.2, 0.25) is 5.91 Å². The third-order valence-corrected chi connectivity index (χ3v) is 3.69. The van der Waals surface area contributed by atoms with Crippen LogP contribution in [0.15, 0.2) is 6.07 Å². The number of hydrogen-bond acceptors (Lipinski definition) is 1. The summed E-state index contributed by atoms with van der Waals surface area (Å²) in [5, 5.41) is 0. The highest BCUT2D eigenvalue weighted by molar-refractivity contribution is 6.27. The lowest BCUT2D eigenvalue weighted by Crippen LogP contribution is -2.28. The molecule has 0 saturated carbocycles. The van der Waals surface area contributed by atoms with Crippen molar-refractivity contribution in [3.63, 3.8) is 0 Å². The first-order valence-electron chi connectivity index (χ1n) is 5.74. The van der Waals surface area contributed by atoms with Crippen LogP contribution in [-0.2, 0) is 11.3 Å². The summed E-state index contributed by atoms with van der Waals surface area (Å²) in [5.41, 5.74) is 6.32. The van der Waals surface area contributed by atoms with Crippen molar-refractivity contribution >= 4 is 17.5 Å². The number of halogens is 1. The van der Waals surface area contributed by atoms with Gasteiger partial charge in [-0.3, -0.25) is 4.79 Å². The van der Waals surface area contributed by atoms with Crippen molar-refractivity contribution in [3.8, 4) is 0 Å². The molecule has 0 saturated heterocycles. The van der Waals surface area contributed by atoms with Gasteiger partial charge in [-0.05, 0) is 55.5 Å². The zero-order valence-electron chi connectivity index (χ0n) is 11.2. The molecule has 0 aliphatic carbocycles. The normalized spacial score (nSPS) is 10.5. The van der Waals surface area contributed by atoms with Crippen LogP contribution in [0.2, 0.25) is 0 Å². The van der Waals surface area contributed by atoms with Crippen molar-refractivity contribution < 1.29 is 4.79 Å². The summed E-state index contributed by atoms with van der Waals surface area (Å²) in [5.74, 6) is 0.00368. The van der Waals surface area contributed by atoms with Gasteiger partial charge in [0, 0.05) is 13.6 Å². The van der Waals surface area contributed by atoms with E-state index in [1.165, 1.54) is 27.8 Å². The molecule has 1 rings (SSSR count). The first kappa shape index (κ1) is 14.0. The van der Waals surface area contributed by atoms with Gasteiger partial charge in [-0.2, -0.15) is 0 Å². The van der Waals surface area contributed by atoms with Crippen LogP contribution in [0.1, 0.15) is 27.8 Å². The molecule has 0 atom stereocenters. The highest BCUT2D eigenvalue weighted by Crippen LogP contribution is 2.22. The Bertz CT molecular complexity index is 414. The highest BCUT2D eigenvalue weighted by atomic mass is 35.5. The van der Waals surface area contributed by atoms with E-state index in [1.54, 1.807) is 11.9 Å². The number of amides is 1. The van der Waals surface area contributed by atoms with Gasteiger partial charge in [0.25, 0.3) is 0 Å². The van der Waals surface area contributed by atoms with E-state index >= 15 is 0 Å². The van der Waals surface area contributed by atoms with Gasteiger partial charge < -0.3 is 4.90 Å². The van der Waals surface area contributed by atoms with E-state index in [1.807, 2.05) is 0 Å². The number of carbonyl (C=O) groups is 1. The van der Waals surface area contributed by atoms with Crippen molar-refractivity contribution in [2.75, 3.05) is 12.9 Å². The number of benzene rings is 1. The predicted molar refractivity (Wildman–Crippen MR) is 72.6 cm³/mol. The molecule has 3 heteroatoms. The number of carbonyl (C=O) groups excluding carboxylic acids is 1. The third-order valence-electron chi connectivity index (χ3n) is 3.46. The molecule has 0 heterocycles. The first-order chi connectivity index (χ1) is 7.88. The minimum absolute atomic E-state index is 0.0374. The lowest BCUT2D eigenvalue weighted by Gasteiger charge is -2.21. The number of nitrogens with zero attached hydrogens (tertiary/aromatic N) is 1. The average molecular weight is 254 g/mol. The van der Waals surface area contributed by atoms with Gasteiger partial charge in [-0.25, -0.2) is 0 Å². The van der Waals surface area contributed by atoms with Crippen LogP contribution in [-0.4, -0.2) is 23.7 Å². The maximum atomic E-state index is 11.5. The molecule has 0 aliphatic rings. The van der Waals surface area contributed by atoms with Crippen molar-refractivity contribution in [1.29, 1.82) is 0 Å². The van der Waals surface area contributed by atoms with Crippen LogP contribution in [0.5, 0.6) is 0 Å². The van der Waals surface area contributed by atoms with Crippen molar-refractivity contribution in [2.45, 2.75) is 34.2 Å². The Morgan fingerprint density at radius 1 is 1.18 bits per heavy atom. The van der Waals surface area contributed by atoms with E-state index in [-0.39, 0.29) is 11.8 Å². The van der Waals surface area contributed by atoms with E-state index in [9.17, 15) is 4.79 Å². The lowest BCUT2D eigenvalue weighted by molar-refractivity contribution is -0.127. The molecule has 0 unspecified atom stereocenters. The summed E-state index contributed by atoms with van der Waals surface area (Å²) in [6.45, 7) is 9.06. The van der Waals surface area contributed by atoms with E-state index in [4.69, 9.17) is 11.6 Å². The summed E-state index contributed by atoms with van der Waals surface area (Å²) < 4.78 is 0. The smallest absolute Gasteiger partial charge is 0.237 e. The van der Waals surface area contributed by atoms with E-state index in [0.717, 1.165) is 0 Å². The van der Waals surface area contributed by atoms with Gasteiger partial charge in [0.15, 0.2) is 0 Å². The van der Waals surface area contributed by atoms with Gasteiger partial charge >= 0.3 is 0 Å². The standard InChI is InChI=1S/C14H20ClNO/c1-9-6-10(2)12(4)13(11(9)3)8-16(5)14(17)7-15/h6H,7-8H2,1-5H3. The zero-order valence-corrected chi connectivity index (χ0v) is 12.0. The Kier molecular flexibility index (Phi) is 4.58. The molecule has 0 radical (unpaired) electrons. The summed E-state index contributed by atoms with van der Waals surface area (Å²) >= 11 is 5.56. The van der Waals surface area contributed by atoms with Gasteiger partial charge in [-0.1, -0.05) is 6.07 Å². The SMILES string of the molecule is Cc1cc(C)c(C)c(CN(C)C(=O)CCl)c1C. The fourth-order valence-electron chi connectivity index (χ4n) is 1.96. The fraction of sp³-hybridized carbons (Fsp3) is 0.500. The summed E-state index contributed by atoms with van der Waals surface area (Å²) in [6.07, 6.45) is 0. The second kappa shape index (κ2) is 5.54. The molecule has 0 aromatic heterocycles. The summed E-state index contributed by atoms with van der Waals surface area (Å²) in [6, 6.07) is 2.19. The number of rotatable bonds is 3. The molecule has 1 amide bonds. The fourth-order valence-corrected chi connectivity index (χ4v) is 2.17. The monoisotopic (exact) mass is 253 g/mol. The predicted octanol–water partition coefficient (Wildman–Crippen LogP) is 3.12. The Morgan fingerprint density at radius 2 is 1.65 bits per heavy atom. The molecule has 0 N–H and O–H groups in total. The van der Waals surface area contributed by atoms with E-state index in [0.29, 0.717) is 6.54 Å². The largest absolute Gasteiger partial charge is 0.340 e. The van der Waals surface area contributed by atoms with Gasteiger partial charge in [0.1, 0.15) is 5.88 Å². The minimum atomic E-state index is -0.0374. The Hall–Kier alpha value is -1.02. The molecule has 94 valence electrons. The van der Waals surface area contributed by atoms with E-state index < -0.39 is 0 Å². The molecular weight excluding hydrogens is 234 g/mol. The second-order valence-corrected chi connectivity index (χ2v) is 4.89. The number of hydrogen-bond donors (Lipinski definition) is 0. The Balaban J connectivity index is 3.10. The zero-order chi connectivity index (χ0) is 13.2. The van der Waals surface area contributed by atoms with Crippen LogP contribution >= 0.6 is 11.6 Å². The van der Waals surface area contributed by atoms with Crippen LogP contribution < -0.4 is 0 Å². The van der Waals surface area contributed by atoms with Crippen molar-refractivity contribution in [1.82, 2.24) is 4.90 Å². The van der Waals surface area contributed by atoms with Crippen molar-refractivity contribution in [2.24, 2.45) is 0 Å². The maximum Gasteiger partial charge on any atom is 0.237 e. The van der Waals surface area contributed by atoms with Crippen LogP contribution in [0, 0.1) is 27.7 Å². The van der Waals surface area contributed by atoms with Crippen LogP contribution in [0.3, 0.4) is 0 Å². The third kappa shape index (κ3) is 3.01. The maximum absolute atomic E-state index is 11.5. The highest BCUT2D eigenvalue weighted by Gasteiger charge is 2.13. The molecule has 0 bridgehead atoms. The first-order valence-corrected chi connectivity index (χ1v) is 6.28. The molecule has 17 heavy (non-hydrogen) atoms. The lowest BCUT2D eigenvalue weighted by atomic mass is 9.94. The average Bonchev–Trinajstić information content (AvgIpc) is 2.30. The Labute approximate surface area is 109 Å². The summed E-state index contributed by atoms with van der Waals surface area (Å²) in [4.78, 5) is 13.2. The minimum Gasteiger partial charge on any atom is -0.340 e. The second-order valence-electron chi connectivity index (χ2n) is 4.62. The molecule has 1 aromatic carbocycles. The molecule has 0 spiro atoms. The molecule has 1 aromatic rings. The Morgan fingerprint density at radius 3 is 2.06 bits per heavy atom. The van der Waals surface area contributed by atoms with Gasteiger partial charge in [0.05, 0.1) is 0 Å². The topological polar surface area (TPSA) is 20.3 Å². The summed E-state index contributed by atoms with van der Waals surface area (Å²) in [7, 11) is 1.79. The quantitative estimate of drug-likeness (QED) is 0.758. The molecule has 2 nitrogen and oxygen atoms in total. The van der Waals surface area contributed by atoms with Crippen LogP contribution in [0.25, 0.3) is 0 Å². The van der Waals surface area contributed by atoms with Gasteiger partial charge in [-0.15, -0.1) is 11.6 Å². The van der Waals surface area contributed by atoms with Crippen LogP contribution in [0.4, 0.5) is 0 Å². The molecule has 0 fully saturated rings. The molecular formula is C14H20ClNO. The number of alkyl halides is 1. The van der Waals surface area contributed by atoms with Crippen molar-refractivity contribution in [3.05, 3.63) is 33.9 Å².